The average Bonchev–Trinajstić information content (AvgIpc) is 2.37. The molecule has 0 saturated heterocycles. The molecule has 0 aliphatic rings. The molecule has 0 unspecified atom stereocenters. The maximum atomic E-state index is 12.8. The molecule has 0 spiro atoms. The highest BCUT2D eigenvalue weighted by atomic mass is 32.2. The third kappa shape index (κ3) is 5.63. The maximum absolute atomic E-state index is 12.8. The lowest BCUT2D eigenvalue weighted by Gasteiger charge is -2.24. The topological polar surface area (TPSA) is 76.3 Å². The van der Waals surface area contributed by atoms with E-state index in [-0.39, 0.29) is 10.7 Å². The molecule has 5 nitrogen and oxygen atoms in total. The lowest BCUT2D eigenvalue weighted by Crippen LogP contribution is -2.34. The number of rotatable bonds is 8. The number of pyridine rings is 1. The van der Waals surface area contributed by atoms with Gasteiger partial charge in [-0.25, -0.2) is 13.4 Å². The van der Waals surface area contributed by atoms with Gasteiger partial charge in [-0.2, -0.15) is 4.31 Å². The zero-order chi connectivity index (χ0) is 16.0. The zero-order valence-electron chi connectivity index (χ0n) is 13.4. The molecule has 1 aromatic rings. The van der Waals surface area contributed by atoms with Crippen LogP contribution in [0.2, 0.25) is 0 Å². The van der Waals surface area contributed by atoms with Crippen LogP contribution in [0.4, 0.5) is 5.82 Å². The SMILES string of the molecule is CC(C)CCN(CCC(C)C)S(=O)(=O)c1ccnc(N)c1. The molecule has 1 heterocycles. The van der Waals surface area contributed by atoms with Crippen molar-refractivity contribution < 1.29 is 8.42 Å². The number of nitrogens with two attached hydrogens (primary N) is 1. The van der Waals surface area contributed by atoms with Gasteiger partial charge in [0.1, 0.15) is 5.82 Å². The van der Waals surface area contributed by atoms with Crippen molar-refractivity contribution in [3.05, 3.63) is 18.3 Å². The van der Waals surface area contributed by atoms with Crippen LogP contribution in [0, 0.1) is 11.8 Å². The Bertz CT molecular complexity index is 530. The maximum Gasteiger partial charge on any atom is 0.243 e. The van der Waals surface area contributed by atoms with Crippen molar-refractivity contribution in [1.29, 1.82) is 0 Å². The predicted octanol–water partition coefficient (Wildman–Crippen LogP) is 2.75. The van der Waals surface area contributed by atoms with Gasteiger partial charge in [-0.15, -0.1) is 0 Å². The van der Waals surface area contributed by atoms with E-state index in [1.807, 2.05) is 0 Å². The summed E-state index contributed by atoms with van der Waals surface area (Å²) < 4.78 is 27.1. The Kier molecular flexibility index (Phi) is 6.61. The van der Waals surface area contributed by atoms with E-state index in [1.165, 1.54) is 18.3 Å². The molecule has 6 heteroatoms. The van der Waals surface area contributed by atoms with Gasteiger partial charge in [0, 0.05) is 25.4 Å². The summed E-state index contributed by atoms with van der Waals surface area (Å²) in [6.07, 6.45) is 3.13. The van der Waals surface area contributed by atoms with Crippen molar-refractivity contribution >= 4 is 15.8 Å². The number of hydrogen-bond acceptors (Lipinski definition) is 4. The second-order valence-electron chi connectivity index (χ2n) is 6.19. The lowest BCUT2D eigenvalue weighted by atomic mass is 10.1. The van der Waals surface area contributed by atoms with E-state index in [1.54, 1.807) is 4.31 Å². The van der Waals surface area contributed by atoms with Gasteiger partial charge in [0.15, 0.2) is 0 Å². The number of nitrogens with zero attached hydrogens (tertiary/aromatic N) is 2. The van der Waals surface area contributed by atoms with Gasteiger partial charge in [0.25, 0.3) is 0 Å². The Balaban J connectivity index is 2.98. The van der Waals surface area contributed by atoms with E-state index in [9.17, 15) is 8.42 Å². The molecule has 0 bridgehead atoms. The van der Waals surface area contributed by atoms with E-state index >= 15 is 0 Å². The van der Waals surface area contributed by atoms with Crippen LogP contribution < -0.4 is 5.73 Å². The van der Waals surface area contributed by atoms with Crippen molar-refractivity contribution in [2.24, 2.45) is 11.8 Å². The smallest absolute Gasteiger partial charge is 0.243 e. The van der Waals surface area contributed by atoms with E-state index in [4.69, 9.17) is 5.73 Å². The van der Waals surface area contributed by atoms with Crippen LogP contribution in [0.5, 0.6) is 0 Å². The standard InChI is InChI=1S/C15H27N3O2S/c1-12(2)6-9-18(10-7-13(3)4)21(19,20)14-5-8-17-15(16)11-14/h5,8,11-13H,6-7,9-10H2,1-4H3,(H2,16,17). The summed E-state index contributed by atoms with van der Waals surface area (Å²) in [5.41, 5.74) is 5.61. The van der Waals surface area contributed by atoms with Crippen molar-refractivity contribution in [1.82, 2.24) is 9.29 Å². The Hall–Kier alpha value is -1.14. The highest BCUT2D eigenvalue weighted by Crippen LogP contribution is 2.19. The molecule has 2 N–H and O–H groups in total. The predicted molar refractivity (Wildman–Crippen MR) is 86.3 cm³/mol. The quantitative estimate of drug-likeness (QED) is 0.800. The number of sulfonamides is 1. The Labute approximate surface area is 128 Å². The highest BCUT2D eigenvalue weighted by molar-refractivity contribution is 7.89. The Morgan fingerprint density at radius 2 is 1.67 bits per heavy atom. The van der Waals surface area contributed by atoms with Crippen molar-refractivity contribution in [2.75, 3.05) is 18.8 Å². The number of aromatic nitrogens is 1. The molecule has 0 fully saturated rings. The average molecular weight is 313 g/mol. The molecule has 0 saturated carbocycles. The second-order valence-corrected chi connectivity index (χ2v) is 8.12. The molecule has 21 heavy (non-hydrogen) atoms. The third-order valence-corrected chi connectivity index (χ3v) is 5.20. The molecule has 0 aliphatic heterocycles. The molecule has 0 atom stereocenters. The molecule has 0 amide bonds. The van der Waals surface area contributed by atoms with Crippen LogP contribution in [0.1, 0.15) is 40.5 Å². The van der Waals surface area contributed by atoms with Gasteiger partial charge in [-0.05, 0) is 30.7 Å². The van der Waals surface area contributed by atoms with Gasteiger partial charge in [0.05, 0.1) is 4.90 Å². The number of nitrogen functional groups attached to an aromatic ring is 1. The normalized spacial score (nSPS) is 12.5. The van der Waals surface area contributed by atoms with Crippen LogP contribution in [0.25, 0.3) is 0 Å². The van der Waals surface area contributed by atoms with Crippen LogP contribution in [0.3, 0.4) is 0 Å². The number of anilines is 1. The first-order valence-corrected chi connectivity index (χ1v) is 8.89. The van der Waals surface area contributed by atoms with E-state index in [0.717, 1.165) is 12.8 Å². The minimum Gasteiger partial charge on any atom is -0.384 e. The fourth-order valence-electron chi connectivity index (χ4n) is 1.89. The van der Waals surface area contributed by atoms with Crippen LogP contribution >= 0.6 is 0 Å². The Morgan fingerprint density at radius 1 is 1.14 bits per heavy atom. The van der Waals surface area contributed by atoms with Gasteiger partial charge in [0.2, 0.25) is 10.0 Å². The first-order valence-electron chi connectivity index (χ1n) is 7.45. The summed E-state index contributed by atoms with van der Waals surface area (Å²) in [7, 11) is -3.50. The van der Waals surface area contributed by atoms with Gasteiger partial charge < -0.3 is 5.73 Å². The van der Waals surface area contributed by atoms with E-state index in [0.29, 0.717) is 24.9 Å². The molecule has 0 aliphatic carbocycles. The zero-order valence-corrected chi connectivity index (χ0v) is 14.2. The summed E-state index contributed by atoms with van der Waals surface area (Å²) in [5.74, 6) is 1.15. The van der Waals surface area contributed by atoms with E-state index in [2.05, 4.69) is 32.7 Å². The van der Waals surface area contributed by atoms with Gasteiger partial charge >= 0.3 is 0 Å². The molecular formula is C15H27N3O2S. The first-order chi connectivity index (χ1) is 9.73. The van der Waals surface area contributed by atoms with Crippen LogP contribution in [0.15, 0.2) is 23.2 Å². The number of hydrogen-bond donors (Lipinski definition) is 1. The molecular weight excluding hydrogens is 286 g/mol. The fourth-order valence-corrected chi connectivity index (χ4v) is 3.39. The summed E-state index contributed by atoms with van der Waals surface area (Å²) in [5, 5.41) is 0. The molecule has 0 radical (unpaired) electrons. The van der Waals surface area contributed by atoms with Crippen molar-refractivity contribution in [2.45, 2.75) is 45.4 Å². The first kappa shape index (κ1) is 17.9. The molecule has 120 valence electrons. The van der Waals surface area contributed by atoms with Gasteiger partial charge in [-0.3, -0.25) is 0 Å². The van der Waals surface area contributed by atoms with Crippen LogP contribution in [-0.2, 0) is 10.0 Å². The van der Waals surface area contributed by atoms with Crippen LogP contribution in [-0.4, -0.2) is 30.8 Å². The second kappa shape index (κ2) is 7.75. The summed E-state index contributed by atoms with van der Waals surface area (Å²) in [6, 6.07) is 2.93. The van der Waals surface area contributed by atoms with Gasteiger partial charge in [-0.1, -0.05) is 27.7 Å². The van der Waals surface area contributed by atoms with Crippen molar-refractivity contribution in [3.63, 3.8) is 0 Å². The summed E-state index contributed by atoms with van der Waals surface area (Å²) in [4.78, 5) is 4.08. The third-order valence-electron chi connectivity index (χ3n) is 3.30. The summed E-state index contributed by atoms with van der Waals surface area (Å²) in [6.45, 7) is 9.45. The highest BCUT2D eigenvalue weighted by Gasteiger charge is 2.24. The molecule has 1 aromatic heterocycles. The minimum absolute atomic E-state index is 0.225. The monoisotopic (exact) mass is 313 g/mol. The van der Waals surface area contributed by atoms with E-state index < -0.39 is 10.0 Å². The molecule has 0 aromatic carbocycles. The largest absolute Gasteiger partial charge is 0.384 e. The fraction of sp³-hybridized carbons (Fsp3) is 0.667. The lowest BCUT2D eigenvalue weighted by molar-refractivity contribution is 0.357. The summed E-state index contributed by atoms with van der Waals surface area (Å²) >= 11 is 0. The van der Waals surface area contributed by atoms with Crippen molar-refractivity contribution in [3.8, 4) is 0 Å². The Morgan fingerprint density at radius 3 is 2.10 bits per heavy atom. The minimum atomic E-state index is -3.50. The molecule has 1 rings (SSSR count).